The summed E-state index contributed by atoms with van der Waals surface area (Å²) in [5, 5.41) is 16.4. The summed E-state index contributed by atoms with van der Waals surface area (Å²) in [6, 6.07) is 0. The Morgan fingerprint density at radius 3 is 1.70 bits per heavy atom. The van der Waals surface area contributed by atoms with Crippen LogP contribution in [0.5, 0.6) is 0 Å². The average Bonchev–Trinajstić information content (AvgIpc) is 1.62. The lowest BCUT2D eigenvalue weighted by Crippen LogP contribution is -2.55. The van der Waals surface area contributed by atoms with Crippen LogP contribution in [0.25, 0.3) is 0 Å². The van der Waals surface area contributed by atoms with Crippen LogP contribution in [-0.4, -0.2) is 29.5 Å². The number of aliphatic carboxylic acids is 1. The molecule has 10 heavy (non-hydrogen) atoms. The summed E-state index contributed by atoms with van der Waals surface area (Å²) < 4.78 is 0. The molecule has 0 heterocycles. The second-order valence-corrected chi connectivity index (χ2v) is 9.10. The van der Waals surface area contributed by atoms with Crippen molar-refractivity contribution in [2.75, 3.05) is 0 Å². The third kappa shape index (κ3) is 1.57. The largest absolute Gasteiger partial charge is 0.479 e. The standard InChI is InChI=1S/C6H14O3Si/c1-6(9,5(7)8)10(2,3)4/h9H,1-4H3,(H,7,8). The smallest absolute Gasteiger partial charge is 0.331 e. The van der Waals surface area contributed by atoms with Crippen LogP contribution in [0.3, 0.4) is 0 Å². The van der Waals surface area contributed by atoms with Crippen LogP contribution in [0.4, 0.5) is 0 Å². The van der Waals surface area contributed by atoms with Crippen molar-refractivity contribution in [3.63, 3.8) is 0 Å². The Morgan fingerprint density at radius 2 is 1.70 bits per heavy atom. The summed E-state index contributed by atoms with van der Waals surface area (Å²) in [4.78, 5) is 10.5. The number of hydrogen-bond acceptors (Lipinski definition) is 2. The van der Waals surface area contributed by atoms with Crippen molar-refractivity contribution in [1.29, 1.82) is 0 Å². The van der Waals surface area contributed by atoms with Gasteiger partial charge in [0.2, 0.25) is 0 Å². The summed E-state index contributed by atoms with van der Waals surface area (Å²) in [6.07, 6.45) is 0. The zero-order valence-electron chi connectivity index (χ0n) is 6.80. The second kappa shape index (κ2) is 2.36. The third-order valence-electron chi connectivity index (χ3n) is 1.88. The van der Waals surface area contributed by atoms with Crippen LogP contribution in [0.15, 0.2) is 0 Å². The molecule has 60 valence electrons. The van der Waals surface area contributed by atoms with E-state index in [0.29, 0.717) is 0 Å². The summed E-state index contributed by atoms with van der Waals surface area (Å²) in [5.41, 5.74) is 0. The Kier molecular flexibility index (Phi) is 2.27. The highest BCUT2D eigenvalue weighted by Gasteiger charge is 2.43. The lowest BCUT2D eigenvalue weighted by Gasteiger charge is -2.30. The Balaban J connectivity index is 4.57. The van der Waals surface area contributed by atoms with E-state index in [0.717, 1.165) is 0 Å². The fourth-order valence-corrected chi connectivity index (χ4v) is 0.962. The van der Waals surface area contributed by atoms with Gasteiger partial charge in [0.25, 0.3) is 0 Å². The zero-order valence-corrected chi connectivity index (χ0v) is 7.80. The first kappa shape index (κ1) is 9.65. The topological polar surface area (TPSA) is 57.5 Å². The lowest BCUT2D eigenvalue weighted by molar-refractivity contribution is -0.149. The number of aliphatic hydroxyl groups is 1. The Labute approximate surface area is 61.7 Å². The minimum absolute atomic E-state index is 1.12. The molecule has 0 radical (unpaired) electrons. The maximum atomic E-state index is 10.5. The molecule has 1 atom stereocenters. The number of carboxylic acid groups (broad SMARTS) is 1. The van der Waals surface area contributed by atoms with E-state index in [1.807, 2.05) is 19.6 Å². The van der Waals surface area contributed by atoms with Gasteiger partial charge in [-0.15, -0.1) is 0 Å². The van der Waals surface area contributed by atoms with Crippen LogP contribution in [0.1, 0.15) is 6.92 Å². The van der Waals surface area contributed by atoms with Gasteiger partial charge in [0.15, 0.2) is 0 Å². The maximum absolute atomic E-state index is 10.5. The van der Waals surface area contributed by atoms with Gasteiger partial charge in [0.1, 0.15) is 5.22 Å². The summed E-state index contributed by atoms with van der Waals surface area (Å²) >= 11 is 0. The molecule has 0 amide bonds. The first-order chi connectivity index (χ1) is 4.19. The van der Waals surface area contributed by atoms with E-state index >= 15 is 0 Å². The van der Waals surface area contributed by atoms with E-state index in [2.05, 4.69) is 0 Å². The molecule has 0 saturated carbocycles. The van der Waals surface area contributed by atoms with Gasteiger partial charge in [0, 0.05) is 0 Å². The van der Waals surface area contributed by atoms with Crippen molar-refractivity contribution < 1.29 is 15.0 Å². The summed E-state index contributed by atoms with van der Waals surface area (Å²) in [5.74, 6) is -1.12. The zero-order chi connectivity index (χ0) is 8.58. The van der Waals surface area contributed by atoms with Crippen molar-refractivity contribution in [3.8, 4) is 0 Å². The molecule has 2 N–H and O–H groups in total. The summed E-state index contributed by atoms with van der Waals surface area (Å²) in [6.45, 7) is 6.82. The average molecular weight is 162 g/mol. The molecule has 0 aromatic heterocycles. The van der Waals surface area contributed by atoms with Gasteiger partial charge in [0.05, 0.1) is 8.07 Å². The van der Waals surface area contributed by atoms with Gasteiger partial charge in [-0.05, 0) is 6.92 Å². The van der Waals surface area contributed by atoms with Gasteiger partial charge in [-0.2, -0.15) is 0 Å². The number of carboxylic acids is 1. The third-order valence-corrected chi connectivity index (χ3v) is 5.01. The summed E-state index contributed by atoms with van der Waals surface area (Å²) in [7, 11) is -1.99. The van der Waals surface area contributed by atoms with E-state index < -0.39 is 19.3 Å². The number of hydrogen-bond donors (Lipinski definition) is 2. The minimum Gasteiger partial charge on any atom is -0.479 e. The van der Waals surface area contributed by atoms with Gasteiger partial charge < -0.3 is 10.2 Å². The van der Waals surface area contributed by atoms with E-state index in [9.17, 15) is 9.90 Å². The van der Waals surface area contributed by atoms with Crippen molar-refractivity contribution in [2.24, 2.45) is 0 Å². The molecule has 0 aliphatic heterocycles. The molecular formula is C6H14O3Si. The van der Waals surface area contributed by atoms with E-state index in [-0.39, 0.29) is 0 Å². The highest BCUT2D eigenvalue weighted by molar-refractivity contribution is 6.81. The second-order valence-electron chi connectivity index (χ2n) is 3.63. The Bertz CT molecular complexity index is 146. The van der Waals surface area contributed by atoms with E-state index in [1.165, 1.54) is 6.92 Å². The SMILES string of the molecule is CC(O)(C(=O)O)[Si](C)(C)C. The molecule has 4 heteroatoms. The van der Waals surface area contributed by atoms with Gasteiger partial charge in [-0.3, -0.25) is 0 Å². The Hall–Kier alpha value is -0.353. The van der Waals surface area contributed by atoms with Crippen LogP contribution in [-0.2, 0) is 4.79 Å². The maximum Gasteiger partial charge on any atom is 0.331 e. The molecular weight excluding hydrogens is 148 g/mol. The van der Waals surface area contributed by atoms with Gasteiger partial charge in [-0.1, -0.05) is 19.6 Å². The highest BCUT2D eigenvalue weighted by Crippen LogP contribution is 2.19. The number of carbonyl (C=O) groups is 1. The first-order valence-electron chi connectivity index (χ1n) is 3.15. The first-order valence-corrected chi connectivity index (χ1v) is 6.65. The molecule has 0 bridgehead atoms. The molecule has 0 aliphatic rings. The van der Waals surface area contributed by atoms with Crippen molar-refractivity contribution in [2.45, 2.75) is 31.8 Å². The van der Waals surface area contributed by atoms with E-state index in [1.54, 1.807) is 0 Å². The van der Waals surface area contributed by atoms with Gasteiger partial charge in [-0.25, -0.2) is 4.79 Å². The molecule has 3 nitrogen and oxygen atoms in total. The lowest BCUT2D eigenvalue weighted by atomic mass is 10.4. The van der Waals surface area contributed by atoms with Crippen LogP contribution < -0.4 is 0 Å². The predicted octanol–water partition coefficient (Wildman–Crippen LogP) is 0.699. The fourth-order valence-electron chi connectivity index (χ4n) is 0.321. The van der Waals surface area contributed by atoms with Crippen molar-refractivity contribution in [1.82, 2.24) is 0 Å². The molecule has 1 unspecified atom stereocenters. The predicted molar refractivity (Wildman–Crippen MR) is 41.6 cm³/mol. The molecule has 0 spiro atoms. The molecule has 0 fully saturated rings. The molecule has 0 saturated heterocycles. The minimum atomic E-state index is -1.99. The van der Waals surface area contributed by atoms with Crippen LogP contribution >= 0.6 is 0 Å². The fraction of sp³-hybridized carbons (Fsp3) is 0.833. The monoisotopic (exact) mass is 162 g/mol. The normalized spacial score (nSPS) is 18.1. The Morgan fingerprint density at radius 1 is 1.40 bits per heavy atom. The van der Waals surface area contributed by atoms with Crippen molar-refractivity contribution >= 4 is 14.0 Å². The molecule has 0 aromatic carbocycles. The van der Waals surface area contributed by atoms with Crippen molar-refractivity contribution in [3.05, 3.63) is 0 Å². The van der Waals surface area contributed by atoms with Crippen LogP contribution in [0.2, 0.25) is 19.6 Å². The molecule has 0 aliphatic carbocycles. The van der Waals surface area contributed by atoms with E-state index in [4.69, 9.17) is 5.11 Å². The number of rotatable bonds is 2. The van der Waals surface area contributed by atoms with Crippen LogP contribution in [0, 0.1) is 0 Å². The van der Waals surface area contributed by atoms with Gasteiger partial charge >= 0.3 is 5.97 Å². The molecule has 0 rings (SSSR count). The highest BCUT2D eigenvalue weighted by atomic mass is 28.3. The molecule has 0 aromatic rings. The quantitative estimate of drug-likeness (QED) is 0.588.